The molecular formula is C33H47N3O7S. The van der Waals surface area contributed by atoms with Gasteiger partial charge in [-0.05, 0) is 92.6 Å². The maximum Gasteiger partial charge on any atom is 0.410 e. The van der Waals surface area contributed by atoms with Crippen LogP contribution in [0.15, 0.2) is 6.07 Å². The van der Waals surface area contributed by atoms with Gasteiger partial charge < -0.3 is 29.3 Å². The smallest absolute Gasteiger partial charge is 0.410 e. The highest BCUT2D eigenvalue weighted by Crippen LogP contribution is 2.38. The Hall–Kier alpha value is -3.26. The topological polar surface area (TPSA) is 117 Å². The molecule has 3 fully saturated rings. The van der Waals surface area contributed by atoms with Crippen LogP contribution < -0.4 is 4.90 Å². The van der Waals surface area contributed by atoms with Gasteiger partial charge in [0, 0.05) is 24.4 Å². The van der Waals surface area contributed by atoms with Gasteiger partial charge in [0.25, 0.3) is 0 Å². The highest BCUT2D eigenvalue weighted by molar-refractivity contribution is 7.15. The molecule has 1 aromatic rings. The number of aromatic carboxylic acids is 1. The number of carboxylic acids is 1. The number of ether oxygens (including phenoxy) is 2. The van der Waals surface area contributed by atoms with Gasteiger partial charge in [0.15, 0.2) is 0 Å². The SMILES string of the molecule is CC1CCC(C(=O)N(c2cc(C#CC(C)(C)C)sc2C(=O)O)[C@H]2CCN(C(=O)OC3(C)CN(C(=O)OC(C)(C)C)C3)C2)CC1. The normalized spacial score (nSPS) is 23.2. The lowest BCUT2D eigenvalue weighted by atomic mass is 9.82. The summed E-state index contributed by atoms with van der Waals surface area (Å²) in [6.07, 6.45) is 2.93. The van der Waals surface area contributed by atoms with Crippen LogP contribution in [0.25, 0.3) is 0 Å². The summed E-state index contributed by atoms with van der Waals surface area (Å²) in [5, 5.41) is 10.2. The second-order valence-electron chi connectivity index (χ2n) is 14.8. The van der Waals surface area contributed by atoms with Crippen molar-refractivity contribution in [3.05, 3.63) is 15.8 Å². The number of carboxylic acid groups (broad SMARTS) is 1. The lowest BCUT2D eigenvalue weighted by Crippen LogP contribution is -2.64. The van der Waals surface area contributed by atoms with Crippen LogP contribution in [-0.2, 0) is 14.3 Å². The Morgan fingerprint density at radius 3 is 2.20 bits per heavy atom. The predicted octanol–water partition coefficient (Wildman–Crippen LogP) is 6.22. The van der Waals surface area contributed by atoms with E-state index in [9.17, 15) is 24.3 Å². The number of hydrogen-bond donors (Lipinski definition) is 1. The molecule has 11 heteroatoms. The molecule has 2 aliphatic heterocycles. The van der Waals surface area contributed by atoms with Gasteiger partial charge in [0.1, 0.15) is 16.1 Å². The van der Waals surface area contributed by atoms with Gasteiger partial charge in [-0.15, -0.1) is 11.3 Å². The first kappa shape index (κ1) is 33.6. The first-order valence-corrected chi connectivity index (χ1v) is 16.3. The van der Waals surface area contributed by atoms with E-state index in [1.165, 1.54) is 4.90 Å². The lowest BCUT2D eigenvalue weighted by molar-refractivity contribution is -0.124. The number of rotatable bonds is 5. The number of hydrogen-bond acceptors (Lipinski definition) is 7. The molecule has 3 heterocycles. The number of anilines is 1. The van der Waals surface area contributed by atoms with E-state index in [2.05, 4.69) is 18.8 Å². The molecule has 1 aliphatic carbocycles. The fourth-order valence-electron chi connectivity index (χ4n) is 5.90. The van der Waals surface area contributed by atoms with E-state index in [1.54, 1.807) is 43.6 Å². The highest BCUT2D eigenvalue weighted by atomic mass is 32.1. The Morgan fingerprint density at radius 1 is 1.00 bits per heavy atom. The van der Waals surface area contributed by atoms with Gasteiger partial charge in [-0.3, -0.25) is 4.79 Å². The molecule has 3 amide bonds. The van der Waals surface area contributed by atoms with E-state index in [-0.39, 0.29) is 41.8 Å². The van der Waals surface area contributed by atoms with Crippen molar-refractivity contribution in [3.63, 3.8) is 0 Å². The molecule has 242 valence electrons. The minimum absolute atomic E-state index is 0.0750. The van der Waals surface area contributed by atoms with Crippen LogP contribution in [-0.4, -0.2) is 82.4 Å². The minimum atomic E-state index is -1.11. The van der Waals surface area contributed by atoms with E-state index in [0.717, 1.165) is 37.0 Å². The molecule has 4 rings (SSSR count). The third-order valence-electron chi connectivity index (χ3n) is 8.15. The maximum absolute atomic E-state index is 14.2. The Bertz CT molecular complexity index is 1330. The summed E-state index contributed by atoms with van der Waals surface area (Å²) in [5.74, 6) is 5.42. The molecule has 0 spiro atoms. The van der Waals surface area contributed by atoms with Crippen molar-refractivity contribution >= 4 is 41.1 Å². The van der Waals surface area contributed by atoms with Gasteiger partial charge in [-0.2, -0.15) is 0 Å². The second-order valence-corrected chi connectivity index (χ2v) is 15.9. The Morgan fingerprint density at radius 2 is 1.64 bits per heavy atom. The molecule has 0 radical (unpaired) electrons. The largest absolute Gasteiger partial charge is 0.477 e. The Kier molecular flexibility index (Phi) is 9.65. The fraction of sp³-hybridized carbons (Fsp3) is 0.697. The minimum Gasteiger partial charge on any atom is -0.477 e. The van der Waals surface area contributed by atoms with E-state index in [0.29, 0.717) is 29.4 Å². The van der Waals surface area contributed by atoms with Gasteiger partial charge >= 0.3 is 18.2 Å². The van der Waals surface area contributed by atoms with Crippen molar-refractivity contribution in [2.24, 2.45) is 17.3 Å². The summed E-state index contributed by atoms with van der Waals surface area (Å²) in [6.45, 7) is 16.4. The van der Waals surface area contributed by atoms with Crippen molar-refractivity contribution in [1.29, 1.82) is 0 Å². The van der Waals surface area contributed by atoms with Crippen LogP contribution in [0.3, 0.4) is 0 Å². The number of nitrogens with zero attached hydrogens (tertiary/aromatic N) is 3. The summed E-state index contributed by atoms with van der Waals surface area (Å²) in [7, 11) is 0. The summed E-state index contributed by atoms with van der Waals surface area (Å²) in [4.78, 5) is 57.6. The van der Waals surface area contributed by atoms with E-state index in [4.69, 9.17) is 9.47 Å². The summed E-state index contributed by atoms with van der Waals surface area (Å²) in [6, 6.07) is 1.32. The van der Waals surface area contributed by atoms with Gasteiger partial charge in [-0.25, -0.2) is 14.4 Å². The van der Waals surface area contributed by atoms with Crippen molar-refractivity contribution in [3.8, 4) is 11.8 Å². The molecule has 1 N–H and O–H groups in total. The van der Waals surface area contributed by atoms with E-state index >= 15 is 0 Å². The zero-order valence-electron chi connectivity index (χ0n) is 27.3. The molecule has 3 aliphatic rings. The van der Waals surface area contributed by atoms with Gasteiger partial charge in [-0.1, -0.05) is 18.8 Å². The third kappa shape index (κ3) is 8.26. The van der Waals surface area contributed by atoms with Crippen LogP contribution in [0.1, 0.15) is 102 Å². The fourth-order valence-corrected chi connectivity index (χ4v) is 6.74. The molecule has 1 aromatic heterocycles. The zero-order valence-corrected chi connectivity index (χ0v) is 28.1. The van der Waals surface area contributed by atoms with E-state index < -0.39 is 35.4 Å². The van der Waals surface area contributed by atoms with Crippen molar-refractivity contribution in [2.45, 2.75) is 105 Å². The zero-order chi connectivity index (χ0) is 32.6. The Balaban J connectivity index is 1.53. The Labute approximate surface area is 265 Å². The molecule has 0 unspecified atom stereocenters. The number of thiophene rings is 1. The number of carbonyl (C=O) groups excluding carboxylic acids is 3. The standard InChI is InChI=1S/C33H47N3O7S/c1-21-9-11-22(12-10-21)27(37)36(25-17-24(13-15-31(2,3)4)44-26(25)28(38)39)23-14-16-34(18-23)29(40)43-33(8)19-35(20-33)30(41)42-32(5,6)7/h17,21-23H,9-12,14,16,18-20H2,1-8H3,(H,38,39)/t21?,22?,23-/m0/s1. The second kappa shape index (κ2) is 12.6. The quantitative estimate of drug-likeness (QED) is 0.384. The number of carbonyl (C=O) groups is 4. The van der Waals surface area contributed by atoms with Crippen LogP contribution in [0.5, 0.6) is 0 Å². The first-order chi connectivity index (χ1) is 20.3. The average Bonchev–Trinajstić information content (AvgIpc) is 3.53. The van der Waals surface area contributed by atoms with Gasteiger partial charge in [0.05, 0.1) is 29.7 Å². The third-order valence-corrected chi connectivity index (χ3v) is 9.18. The monoisotopic (exact) mass is 629 g/mol. The summed E-state index contributed by atoms with van der Waals surface area (Å²) < 4.78 is 11.3. The lowest BCUT2D eigenvalue weighted by Gasteiger charge is -2.47. The van der Waals surface area contributed by atoms with Crippen molar-refractivity contribution in [2.75, 3.05) is 31.1 Å². The summed E-state index contributed by atoms with van der Waals surface area (Å²) >= 11 is 1.08. The van der Waals surface area contributed by atoms with Crippen molar-refractivity contribution < 1.29 is 33.8 Å². The highest BCUT2D eigenvalue weighted by Gasteiger charge is 2.48. The molecule has 2 saturated heterocycles. The van der Waals surface area contributed by atoms with Crippen LogP contribution in [0, 0.1) is 29.1 Å². The first-order valence-electron chi connectivity index (χ1n) is 15.5. The molecule has 10 nitrogen and oxygen atoms in total. The van der Waals surface area contributed by atoms with Crippen LogP contribution in [0.4, 0.5) is 15.3 Å². The van der Waals surface area contributed by atoms with E-state index in [1.807, 2.05) is 20.8 Å². The number of likely N-dealkylation sites (tertiary alicyclic amines) is 2. The van der Waals surface area contributed by atoms with Gasteiger partial charge in [0.2, 0.25) is 5.91 Å². The van der Waals surface area contributed by atoms with Crippen LogP contribution in [0.2, 0.25) is 0 Å². The average molecular weight is 630 g/mol. The maximum atomic E-state index is 14.2. The molecule has 44 heavy (non-hydrogen) atoms. The molecular weight excluding hydrogens is 582 g/mol. The predicted molar refractivity (Wildman–Crippen MR) is 169 cm³/mol. The molecule has 0 aromatic carbocycles. The molecule has 0 bridgehead atoms. The number of amides is 3. The summed E-state index contributed by atoms with van der Waals surface area (Å²) in [5.41, 5.74) is -1.38. The van der Waals surface area contributed by atoms with Crippen molar-refractivity contribution in [1.82, 2.24) is 9.80 Å². The molecule has 1 atom stereocenters. The van der Waals surface area contributed by atoms with Crippen LogP contribution >= 0.6 is 11.3 Å². The molecule has 1 saturated carbocycles.